The first-order valence-corrected chi connectivity index (χ1v) is 12.9. The summed E-state index contributed by atoms with van der Waals surface area (Å²) in [4.78, 5) is 45.0. The summed E-state index contributed by atoms with van der Waals surface area (Å²) in [5.74, 6) is -0.462. The van der Waals surface area contributed by atoms with Crippen molar-refractivity contribution in [2.24, 2.45) is 0 Å². The largest absolute Gasteiger partial charge is 0.494 e. The molecule has 1 N–H and O–H groups in total. The van der Waals surface area contributed by atoms with Gasteiger partial charge in [-0.05, 0) is 25.1 Å². The number of hydrogen-bond acceptors (Lipinski definition) is 8. The SMILES string of the molecule is COc1cnc(Cl)cc1-c1cc(C)ncc1C(=O)Nc1nc2c(s1)CN(C(=O)c1cc(Cl)c(C(F)F)cn1)C2. The van der Waals surface area contributed by atoms with Gasteiger partial charge in [-0.15, -0.1) is 0 Å². The van der Waals surface area contributed by atoms with Crippen molar-refractivity contribution in [3.05, 3.63) is 80.1 Å². The zero-order valence-electron chi connectivity index (χ0n) is 20.3. The van der Waals surface area contributed by atoms with E-state index in [1.165, 1.54) is 35.7 Å². The number of methoxy groups -OCH3 is 1. The number of alkyl halides is 2. The molecule has 0 fully saturated rings. The van der Waals surface area contributed by atoms with Gasteiger partial charge in [0.2, 0.25) is 0 Å². The highest BCUT2D eigenvalue weighted by atomic mass is 35.5. The Labute approximate surface area is 234 Å². The Bertz CT molecular complexity index is 1590. The van der Waals surface area contributed by atoms with Crippen LogP contribution in [0.2, 0.25) is 10.2 Å². The summed E-state index contributed by atoms with van der Waals surface area (Å²) in [7, 11) is 1.50. The third-order valence-corrected chi connectivity index (χ3v) is 7.46. The minimum absolute atomic E-state index is 0.0425. The summed E-state index contributed by atoms with van der Waals surface area (Å²) in [6.45, 7) is 2.19. The zero-order chi connectivity index (χ0) is 27.8. The number of aromatic nitrogens is 4. The average Bonchev–Trinajstić information content (AvgIpc) is 3.46. The van der Waals surface area contributed by atoms with E-state index in [2.05, 4.69) is 25.3 Å². The van der Waals surface area contributed by atoms with Gasteiger partial charge in [-0.25, -0.2) is 18.7 Å². The van der Waals surface area contributed by atoms with Gasteiger partial charge in [0.15, 0.2) is 5.13 Å². The summed E-state index contributed by atoms with van der Waals surface area (Å²) in [5.41, 5.74) is 2.25. The number of nitrogens with zero attached hydrogens (tertiary/aromatic N) is 5. The van der Waals surface area contributed by atoms with Gasteiger partial charge >= 0.3 is 0 Å². The van der Waals surface area contributed by atoms with Crippen LogP contribution < -0.4 is 10.1 Å². The van der Waals surface area contributed by atoms with Crippen LogP contribution in [-0.2, 0) is 13.1 Å². The van der Waals surface area contributed by atoms with E-state index in [9.17, 15) is 18.4 Å². The summed E-state index contributed by atoms with van der Waals surface area (Å²) in [5, 5.41) is 3.17. The predicted molar refractivity (Wildman–Crippen MR) is 142 cm³/mol. The molecular weight excluding hydrogens is 573 g/mol. The number of nitrogens with one attached hydrogen (secondary N) is 1. The Morgan fingerprint density at radius 2 is 1.87 bits per heavy atom. The lowest BCUT2D eigenvalue weighted by molar-refractivity contribution is 0.0744. The zero-order valence-corrected chi connectivity index (χ0v) is 22.7. The van der Waals surface area contributed by atoms with Crippen LogP contribution in [0.4, 0.5) is 13.9 Å². The van der Waals surface area contributed by atoms with Gasteiger partial charge in [0.1, 0.15) is 16.6 Å². The average molecular weight is 591 g/mol. The molecule has 200 valence electrons. The predicted octanol–water partition coefficient (Wildman–Crippen LogP) is 5.96. The highest BCUT2D eigenvalue weighted by molar-refractivity contribution is 7.16. The summed E-state index contributed by atoms with van der Waals surface area (Å²) in [6, 6.07) is 4.50. The molecule has 9 nitrogen and oxygen atoms in total. The number of pyridine rings is 3. The Morgan fingerprint density at radius 3 is 2.56 bits per heavy atom. The van der Waals surface area contributed by atoms with E-state index >= 15 is 0 Å². The maximum absolute atomic E-state index is 13.3. The van der Waals surface area contributed by atoms with Crippen LogP contribution in [0.3, 0.4) is 0 Å². The van der Waals surface area contributed by atoms with Crippen molar-refractivity contribution < 1.29 is 23.1 Å². The number of hydrogen-bond donors (Lipinski definition) is 1. The van der Waals surface area contributed by atoms with Crippen molar-refractivity contribution in [1.82, 2.24) is 24.8 Å². The number of aryl methyl sites for hydroxylation is 1. The molecule has 0 aliphatic carbocycles. The fourth-order valence-corrected chi connectivity index (χ4v) is 5.41. The van der Waals surface area contributed by atoms with Crippen molar-refractivity contribution in [3.8, 4) is 16.9 Å². The lowest BCUT2D eigenvalue weighted by atomic mass is 10.0. The van der Waals surface area contributed by atoms with Crippen LogP contribution in [0, 0.1) is 6.92 Å². The monoisotopic (exact) mass is 590 g/mol. The van der Waals surface area contributed by atoms with Gasteiger partial charge in [-0.1, -0.05) is 34.5 Å². The first kappa shape index (κ1) is 26.9. The van der Waals surface area contributed by atoms with Gasteiger partial charge in [0.05, 0.1) is 53.1 Å². The molecule has 0 spiro atoms. The lowest BCUT2D eigenvalue weighted by Crippen LogP contribution is -2.26. The molecule has 5 heterocycles. The number of halogens is 4. The molecule has 14 heteroatoms. The number of ether oxygens (including phenoxy) is 1. The van der Waals surface area contributed by atoms with Crippen molar-refractivity contribution in [3.63, 3.8) is 0 Å². The van der Waals surface area contributed by atoms with Crippen molar-refractivity contribution in [2.45, 2.75) is 26.4 Å². The van der Waals surface area contributed by atoms with Crippen LogP contribution >= 0.6 is 34.5 Å². The molecule has 0 saturated heterocycles. The van der Waals surface area contributed by atoms with E-state index in [0.29, 0.717) is 33.4 Å². The van der Waals surface area contributed by atoms with Crippen molar-refractivity contribution >= 4 is 51.5 Å². The second kappa shape index (κ2) is 10.8. The number of thiazole rings is 1. The van der Waals surface area contributed by atoms with Gasteiger partial charge in [0.25, 0.3) is 18.2 Å². The minimum Gasteiger partial charge on any atom is -0.494 e. The minimum atomic E-state index is -2.79. The van der Waals surface area contributed by atoms with Crippen molar-refractivity contribution in [1.29, 1.82) is 0 Å². The molecular formula is C25H18Cl2F2N6O3S. The second-order valence-corrected chi connectivity index (χ2v) is 10.4. The standard InChI is InChI=1S/C25H18Cl2F2N6O3S/c1-11-3-12(13-4-21(27)32-8-19(13)38-2)14(6-30-11)23(36)34-25-33-18-9-35(10-20(18)39-25)24(37)17-5-16(26)15(7-31-17)22(28)29/h3-8,22H,9-10H2,1-2H3,(H,33,34,36). The highest BCUT2D eigenvalue weighted by Crippen LogP contribution is 2.36. The number of fused-ring (bicyclic) bond motifs is 1. The van der Waals surface area contributed by atoms with Gasteiger partial charge in [-0.3, -0.25) is 24.9 Å². The fraction of sp³-hybridized carbons (Fsp3) is 0.200. The molecule has 1 aliphatic heterocycles. The molecule has 4 aromatic rings. The van der Waals surface area contributed by atoms with E-state index in [4.69, 9.17) is 27.9 Å². The van der Waals surface area contributed by atoms with E-state index < -0.39 is 23.8 Å². The molecule has 0 saturated carbocycles. The molecule has 0 aromatic carbocycles. The van der Waals surface area contributed by atoms with Crippen LogP contribution in [-0.4, -0.2) is 43.8 Å². The van der Waals surface area contributed by atoms with Crippen molar-refractivity contribution in [2.75, 3.05) is 12.4 Å². The quantitative estimate of drug-likeness (QED) is 0.276. The third kappa shape index (κ3) is 5.40. The molecule has 39 heavy (non-hydrogen) atoms. The molecule has 1 aliphatic rings. The van der Waals surface area contributed by atoms with Crippen LogP contribution in [0.15, 0.2) is 36.8 Å². The Balaban J connectivity index is 1.33. The maximum Gasteiger partial charge on any atom is 0.273 e. The Kier molecular flexibility index (Phi) is 7.43. The van der Waals surface area contributed by atoms with Crippen LogP contribution in [0.25, 0.3) is 11.1 Å². The fourth-order valence-electron chi connectivity index (χ4n) is 4.04. The van der Waals surface area contributed by atoms with E-state index in [1.807, 2.05) is 0 Å². The van der Waals surface area contributed by atoms with E-state index in [1.54, 1.807) is 19.1 Å². The van der Waals surface area contributed by atoms with Crippen LogP contribution in [0.5, 0.6) is 5.75 Å². The van der Waals surface area contributed by atoms with Gasteiger partial charge < -0.3 is 9.64 Å². The molecule has 0 atom stereocenters. The summed E-state index contributed by atoms with van der Waals surface area (Å²) < 4.78 is 31.3. The summed E-state index contributed by atoms with van der Waals surface area (Å²) >= 11 is 13.2. The topological polar surface area (TPSA) is 110 Å². The second-order valence-electron chi connectivity index (χ2n) is 8.47. The number of carbonyl (C=O) groups excluding carboxylic acids is 2. The van der Waals surface area contributed by atoms with Gasteiger partial charge in [-0.2, -0.15) is 0 Å². The molecule has 4 aromatic heterocycles. The van der Waals surface area contributed by atoms with Crippen LogP contribution in [0.1, 0.15) is 49.1 Å². The normalized spacial score (nSPS) is 12.5. The van der Waals surface area contributed by atoms with E-state index in [0.717, 1.165) is 17.1 Å². The first-order valence-electron chi connectivity index (χ1n) is 11.3. The third-order valence-electron chi connectivity index (χ3n) is 5.93. The smallest absolute Gasteiger partial charge is 0.273 e. The molecule has 0 bridgehead atoms. The molecule has 5 rings (SSSR count). The van der Waals surface area contributed by atoms with Gasteiger partial charge in [0, 0.05) is 29.2 Å². The maximum atomic E-state index is 13.3. The number of carbonyl (C=O) groups is 2. The first-order chi connectivity index (χ1) is 18.6. The van der Waals surface area contributed by atoms with E-state index in [-0.39, 0.29) is 34.5 Å². The Hall–Kier alpha value is -3.74. The number of amides is 2. The highest BCUT2D eigenvalue weighted by Gasteiger charge is 2.30. The molecule has 0 radical (unpaired) electrons. The summed E-state index contributed by atoms with van der Waals surface area (Å²) in [6.07, 6.45) is 1.06. The lowest BCUT2D eigenvalue weighted by Gasteiger charge is -2.15. The number of rotatable bonds is 6. The molecule has 0 unspecified atom stereocenters. The number of anilines is 1. The molecule has 2 amide bonds. The Morgan fingerprint density at radius 1 is 1.08 bits per heavy atom.